The third-order valence-electron chi connectivity index (χ3n) is 5.29. The number of hydrogen-bond acceptors (Lipinski definition) is 5. The van der Waals surface area contributed by atoms with Crippen LogP contribution in [0.25, 0.3) is 0 Å². The van der Waals surface area contributed by atoms with E-state index in [1.807, 2.05) is 0 Å². The van der Waals surface area contributed by atoms with Gasteiger partial charge in [0.1, 0.15) is 17.6 Å². The summed E-state index contributed by atoms with van der Waals surface area (Å²) >= 11 is 5.53. The van der Waals surface area contributed by atoms with Crippen LogP contribution in [0, 0.1) is 5.82 Å². The molecule has 3 aromatic rings. The molecular formula is C25H21FN4O4S. The molecule has 0 radical (unpaired) electrons. The maximum Gasteiger partial charge on any atom is 0.270 e. The molecule has 1 atom stereocenters. The second-order valence-electron chi connectivity index (χ2n) is 7.61. The number of carbonyl (C=O) groups excluding carboxylic acids is 3. The summed E-state index contributed by atoms with van der Waals surface area (Å²) in [4.78, 5) is 40.4. The van der Waals surface area contributed by atoms with E-state index in [1.165, 1.54) is 41.3 Å². The van der Waals surface area contributed by atoms with Gasteiger partial charge in [0.25, 0.3) is 11.8 Å². The lowest BCUT2D eigenvalue weighted by molar-refractivity contribution is -0.124. The van der Waals surface area contributed by atoms with E-state index < -0.39 is 29.6 Å². The van der Waals surface area contributed by atoms with E-state index >= 15 is 0 Å². The van der Waals surface area contributed by atoms with Gasteiger partial charge in [-0.3, -0.25) is 24.7 Å². The van der Waals surface area contributed by atoms with E-state index in [0.717, 1.165) is 0 Å². The van der Waals surface area contributed by atoms with E-state index in [4.69, 9.17) is 17.0 Å². The fourth-order valence-electron chi connectivity index (χ4n) is 3.57. The highest BCUT2D eigenvalue weighted by Gasteiger charge is 2.45. The highest BCUT2D eigenvalue weighted by atomic mass is 32.1. The van der Waals surface area contributed by atoms with Crippen molar-refractivity contribution in [2.75, 3.05) is 17.3 Å². The Morgan fingerprint density at radius 3 is 2.43 bits per heavy atom. The zero-order valence-corrected chi connectivity index (χ0v) is 19.4. The Balaban J connectivity index is 1.59. The van der Waals surface area contributed by atoms with Gasteiger partial charge < -0.3 is 10.1 Å². The van der Waals surface area contributed by atoms with Crippen molar-refractivity contribution >= 4 is 46.4 Å². The number of benzene rings is 3. The Morgan fingerprint density at radius 2 is 1.74 bits per heavy atom. The van der Waals surface area contributed by atoms with Crippen LogP contribution in [0.4, 0.5) is 15.8 Å². The monoisotopic (exact) mass is 492 g/mol. The van der Waals surface area contributed by atoms with Gasteiger partial charge >= 0.3 is 0 Å². The molecule has 35 heavy (non-hydrogen) atoms. The number of ether oxygens (including phenoxy) is 1. The van der Waals surface area contributed by atoms with Gasteiger partial charge in [0, 0.05) is 11.3 Å². The van der Waals surface area contributed by atoms with Gasteiger partial charge in [0.05, 0.1) is 19.2 Å². The number of nitrogens with one attached hydrogen (secondary N) is 2. The topological polar surface area (TPSA) is 91.0 Å². The molecular weight excluding hydrogens is 471 g/mol. The largest absolute Gasteiger partial charge is 0.497 e. The number of anilines is 2. The molecule has 4 rings (SSSR count). The van der Waals surface area contributed by atoms with Gasteiger partial charge in [-0.15, -0.1) is 0 Å². The number of nitrogens with zero attached hydrogens (tertiary/aromatic N) is 2. The van der Waals surface area contributed by atoms with Gasteiger partial charge in [0.2, 0.25) is 11.0 Å². The maximum atomic E-state index is 13.4. The predicted molar refractivity (Wildman–Crippen MR) is 132 cm³/mol. The van der Waals surface area contributed by atoms with Crippen LogP contribution < -0.4 is 20.4 Å². The molecule has 1 aliphatic rings. The fourth-order valence-corrected chi connectivity index (χ4v) is 3.94. The summed E-state index contributed by atoms with van der Waals surface area (Å²) in [5.41, 5.74) is 3.82. The van der Waals surface area contributed by atoms with E-state index in [0.29, 0.717) is 17.1 Å². The Morgan fingerprint density at radius 1 is 1.03 bits per heavy atom. The fraction of sp³-hybridized carbons (Fsp3) is 0.120. The smallest absolute Gasteiger partial charge is 0.270 e. The minimum Gasteiger partial charge on any atom is -0.497 e. The van der Waals surface area contributed by atoms with Crippen molar-refractivity contribution in [1.29, 1.82) is 0 Å². The molecule has 1 aliphatic heterocycles. The van der Waals surface area contributed by atoms with E-state index in [-0.39, 0.29) is 17.1 Å². The molecule has 1 unspecified atom stereocenters. The number of carbonyl (C=O) groups is 3. The van der Waals surface area contributed by atoms with Crippen LogP contribution in [0.1, 0.15) is 16.8 Å². The molecule has 0 saturated carbocycles. The third-order valence-corrected chi connectivity index (χ3v) is 5.67. The van der Waals surface area contributed by atoms with Gasteiger partial charge in [-0.1, -0.05) is 24.3 Å². The summed E-state index contributed by atoms with van der Waals surface area (Å²) in [7, 11) is 1.48. The first kappa shape index (κ1) is 23.8. The molecule has 1 saturated heterocycles. The molecule has 3 amide bonds. The first-order valence-electron chi connectivity index (χ1n) is 10.6. The molecule has 3 aromatic carbocycles. The van der Waals surface area contributed by atoms with E-state index in [1.54, 1.807) is 54.6 Å². The summed E-state index contributed by atoms with van der Waals surface area (Å²) < 4.78 is 18.3. The molecule has 1 heterocycles. The number of methoxy groups -OCH3 is 1. The van der Waals surface area contributed by atoms with Gasteiger partial charge in [-0.05, 0) is 66.8 Å². The Kier molecular flexibility index (Phi) is 7.02. The van der Waals surface area contributed by atoms with Gasteiger partial charge in [-0.2, -0.15) is 0 Å². The summed E-state index contributed by atoms with van der Waals surface area (Å²) in [6.45, 7) is 0. The first-order chi connectivity index (χ1) is 16.9. The minimum absolute atomic E-state index is 0.0250. The van der Waals surface area contributed by atoms with Crippen LogP contribution >= 0.6 is 12.2 Å². The normalized spacial score (nSPS) is 15.2. The number of amides is 3. The number of hydrogen-bond donors (Lipinski definition) is 2. The number of rotatable bonds is 7. The van der Waals surface area contributed by atoms with Crippen molar-refractivity contribution in [2.24, 2.45) is 0 Å². The average Bonchev–Trinajstić information content (AvgIpc) is 3.09. The molecule has 0 aliphatic carbocycles. The summed E-state index contributed by atoms with van der Waals surface area (Å²) in [5.74, 6) is -1.46. The number of halogens is 1. The lowest BCUT2D eigenvalue weighted by Crippen LogP contribution is -2.49. The van der Waals surface area contributed by atoms with Gasteiger partial charge in [0.15, 0.2) is 0 Å². The average molecular weight is 493 g/mol. The van der Waals surface area contributed by atoms with Crippen LogP contribution in [0.5, 0.6) is 5.75 Å². The maximum absolute atomic E-state index is 13.4. The summed E-state index contributed by atoms with van der Waals surface area (Å²) in [6.07, 6.45) is -0.307. The Labute approximate surface area is 206 Å². The van der Waals surface area contributed by atoms with Crippen molar-refractivity contribution in [3.05, 3.63) is 90.2 Å². The van der Waals surface area contributed by atoms with Crippen LogP contribution in [0.3, 0.4) is 0 Å². The van der Waals surface area contributed by atoms with Crippen molar-refractivity contribution in [2.45, 2.75) is 12.5 Å². The summed E-state index contributed by atoms with van der Waals surface area (Å²) in [6, 6.07) is 19.3. The number of para-hydroxylation sites is 1. The number of thiocarbonyl (C=S) groups is 1. The highest BCUT2D eigenvalue weighted by Crippen LogP contribution is 2.26. The van der Waals surface area contributed by atoms with Crippen molar-refractivity contribution < 1.29 is 23.5 Å². The molecule has 2 N–H and O–H groups in total. The van der Waals surface area contributed by atoms with Crippen LogP contribution in [0.2, 0.25) is 0 Å². The lowest BCUT2D eigenvalue weighted by atomic mass is 10.1. The zero-order valence-electron chi connectivity index (χ0n) is 18.6. The molecule has 0 aromatic heterocycles. The van der Waals surface area contributed by atoms with Crippen molar-refractivity contribution in [1.82, 2.24) is 10.4 Å². The molecule has 0 bridgehead atoms. The quantitative estimate of drug-likeness (QED) is 0.491. The van der Waals surface area contributed by atoms with Crippen LogP contribution in [-0.2, 0) is 9.59 Å². The minimum atomic E-state index is -1.10. The molecule has 0 spiro atoms. The van der Waals surface area contributed by atoms with Gasteiger partial charge in [-0.25, -0.2) is 9.40 Å². The van der Waals surface area contributed by atoms with E-state index in [9.17, 15) is 18.8 Å². The third kappa shape index (κ3) is 5.28. The summed E-state index contributed by atoms with van der Waals surface area (Å²) in [5, 5.41) is 3.88. The Hall–Kier alpha value is -4.31. The molecule has 8 nitrogen and oxygen atoms in total. The van der Waals surface area contributed by atoms with Crippen LogP contribution in [0.15, 0.2) is 78.9 Å². The first-order valence-corrected chi connectivity index (χ1v) is 11.0. The van der Waals surface area contributed by atoms with E-state index in [2.05, 4.69) is 10.7 Å². The predicted octanol–water partition coefficient (Wildman–Crippen LogP) is 3.51. The molecule has 1 fully saturated rings. The molecule has 10 heteroatoms. The second-order valence-corrected chi connectivity index (χ2v) is 7.97. The van der Waals surface area contributed by atoms with Crippen molar-refractivity contribution in [3.8, 4) is 5.75 Å². The lowest BCUT2D eigenvalue weighted by Gasteiger charge is -2.24. The standard InChI is InChI=1S/C25H21FN4O4S/c1-34-20-9-5-6-16(14-20)23(32)28-30-21(15-22(31)27-18-12-10-17(26)11-13-18)24(33)29(25(30)35)19-7-3-2-4-8-19/h2-14,21H,15H2,1H3,(H,27,31)(H,28,32). The zero-order chi connectivity index (χ0) is 24.9. The SMILES string of the molecule is COc1cccc(C(=O)NN2C(=S)N(c3ccccc3)C(=O)C2CC(=O)Nc2ccc(F)cc2)c1. The van der Waals surface area contributed by atoms with Crippen LogP contribution in [-0.4, -0.2) is 41.0 Å². The van der Waals surface area contributed by atoms with Crippen molar-refractivity contribution in [3.63, 3.8) is 0 Å². The highest BCUT2D eigenvalue weighted by molar-refractivity contribution is 7.80. The Bertz CT molecular complexity index is 1270. The number of hydrazine groups is 1. The molecule has 178 valence electrons. The second kappa shape index (κ2) is 10.3.